The SMILES string of the molecule is CCC#CC(C)(C)n1cn[nH]c1=O. The molecule has 0 atom stereocenters. The Labute approximate surface area is 77.0 Å². The van der Waals surface area contributed by atoms with Crippen LogP contribution in [0.3, 0.4) is 0 Å². The molecule has 0 aliphatic heterocycles. The Hall–Kier alpha value is -1.50. The molecule has 0 unspecified atom stereocenters. The van der Waals surface area contributed by atoms with Gasteiger partial charge in [-0.1, -0.05) is 12.8 Å². The van der Waals surface area contributed by atoms with E-state index in [1.807, 2.05) is 20.8 Å². The molecule has 4 nitrogen and oxygen atoms in total. The molecule has 1 heterocycles. The smallest absolute Gasteiger partial charge is 0.265 e. The summed E-state index contributed by atoms with van der Waals surface area (Å²) < 4.78 is 1.48. The van der Waals surface area contributed by atoms with Crippen molar-refractivity contribution in [3.63, 3.8) is 0 Å². The fourth-order valence-electron chi connectivity index (χ4n) is 1.01. The molecule has 13 heavy (non-hydrogen) atoms. The first kappa shape index (κ1) is 9.59. The van der Waals surface area contributed by atoms with Crippen LogP contribution in [0.1, 0.15) is 27.2 Å². The van der Waals surface area contributed by atoms with Gasteiger partial charge in [-0.2, -0.15) is 5.10 Å². The molecule has 0 radical (unpaired) electrons. The Morgan fingerprint density at radius 2 is 2.38 bits per heavy atom. The first-order chi connectivity index (χ1) is 6.08. The number of nitrogens with zero attached hydrogens (tertiary/aromatic N) is 2. The van der Waals surface area contributed by atoms with E-state index >= 15 is 0 Å². The second-order valence-electron chi connectivity index (χ2n) is 3.25. The molecular formula is C9H13N3O. The van der Waals surface area contributed by atoms with E-state index in [9.17, 15) is 4.79 Å². The molecule has 0 spiro atoms. The molecule has 0 aromatic carbocycles. The van der Waals surface area contributed by atoms with Gasteiger partial charge in [-0.3, -0.25) is 4.57 Å². The van der Waals surface area contributed by atoms with Crippen molar-refractivity contribution in [3.8, 4) is 11.8 Å². The summed E-state index contributed by atoms with van der Waals surface area (Å²) >= 11 is 0. The van der Waals surface area contributed by atoms with Crippen LogP contribution in [0.25, 0.3) is 0 Å². The van der Waals surface area contributed by atoms with Crippen LogP contribution in [0, 0.1) is 11.8 Å². The van der Waals surface area contributed by atoms with Crippen molar-refractivity contribution in [1.29, 1.82) is 0 Å². The van der Waals surface area contributed by atoms with Crippen molar-refractivity contribution in [2.75, 3.05) is 0 Å². The second kappa shape index (κ2) is 3.48. The number of nitrogens with one attached hydrogen (secondary N) is 1. The summed E-state index contributed by atoms with van der Waals surface area (Å²) in [4.78, 5) is 11.2. The van der Waals surface area contributed by atoms with E-state index in [0.717, 1.165) is 6.42 Å². The van der Waals surface area contributed by atoms with Crippen molar-refractivity contribution in [2.45, 2.75) is 32.7 Å². The normalized spacial score (nSPS) is 10.7. The Balaban J connectivity index is 3.07. The number of rotatable bonds is 1. The van der Waals surface area contributed by atoms with E-state index in [0.29, 0.717) is 0 Å². The molecule has 1 aromatic rings. The molecule has 0 fully saturated rings. The van der Waals surface area contributed by atoms with E-state index < -0.39 is 5.54 Å². The number of aromatic nitrogens is 3. The van der Waals surface area contributed by atoms with Gasteiger partial charge >= 0.3 is 5.69 Å². The molecule has 1 N–H and O–H groups in total. The zero-order valence-electron chi connectivity index (χ0n) is 8.09. The highest BCUT2D eigenvalue weighted by atomic mass is 16.1. The molecule has 0 saturated heterocycles. The zero-order chi connectivity index (χ0) is 9.90. The largest absolute Gasteiger partial charge is 0.344 e. The summed E-state index contributed by atoms with van der Waals surface area (Å²) in [6, 6.07) is 0. The Morgan fingerprint density at radius 1 is 1.69 bits per heavy atom. The molecule has 4 heteroatoms. The van der Waals surface area contributed by atoms with Crippen LogP contribution >= 0.6 is 0 Å². The molecule has 0 amide bonds. The van der Waals surface area contributed by atoms with Crippen molar-refractivity contribution >= 4 is 0 Å². The van der Waals surface area contributed by atoms with Gasteiger partial charge < -0.3 is 0 Å². The van der Waals surface area contributed by atoms with E-state index in [4.69, 9.17) is 0 Å². The summed E-state index contributed by atoms with van der Waals surface area (Å²) in [5.41, 5.74) is -0.712. The van der Waals surface area contributed by atoms with Crippen LogP contribution < -0.4 is 5.69 Å². The number of H-pyrrole nitrogens is 1. The van der Waals surface area contributed by atoms with Crippen molar-refractivity contribution in [3.05, 3.63) is 16.8 Å². The molecule has 0 aliphatic carbocycles. The van der Waals surface area contributed by atoms with E-state index in [1.165, 1.54) is 10.9 Å². The molecular weight excluding hydrogens is 166 g/mol. The Morgan fingerprint density at radius 3 is 2.85 bits per heavy atom. The lowest BCUT2D eigenvalue weighted by Crippen LogP contribution is -2.32. The average Bonchev–Trinajstić information content (AvgIpc) is 2.48. The summed E-state index contributed by atoms with van der Waals surface area (Å²) in [7, 11) is 0. The standard InChI is InChI=1S/C9H13N3O/c1-4-5-6-9(2,3)12-7-10-11-8(12)13/h7H,4H2,1-3H3,(H,11,13). The molecule has 70 valence electrons. The highest BCUT2D eigenvalue weighted by Crippen LogP contribution is 2.09. The quantitative estimate of drug-likeness (QED) is 0.646. The second-order valence-corrected chi connectivity index (χ2v) is 3.25. The highest BCUT2D eigenvalue weighted by Gasteiger charge is 2.18. The zero-order valence-corrected chi connectivity index (χ0v) is 8.09. The van der Waals surface area contributed by atoms with Crippen LogP contribution in [-0.2, 0) is 5.54 Å². The number of hydrogen-bond acceptors (Lipinski definition) is 2. The highest BCUT2D eigenvalue weighted by molar-refractivity contribution is 5.12. The maximum absolute atomic E-state index is 11.2. The molecule has 0 bridgehead atoms. The van der Waals surface area contributed by atoms with E-state index in [1.54, 1.807) is 0 Å². The van der Waals surface area contributed by atoms with Gasteiger partial charge in [0.2, 0.25) is 0 Å². The van der Waals surface area contributed by atoms with Gasteiger partial charge in [-0.15, -0.1) is 5.92 Å². The number of hydrogen-bond donors (Lipinski definition) is 1. The lowest BCUT2D eigenvalue weighted by Gasteiger charge is -2.17. The van der Waals surface area contributed by atoms with Gasteiger partial charge in [0.25, 0.3) is 0 Å². The van der Waals surface area contributed by atoms with Gasteiger partial charge in [-0.05, 0) is 13.8 Å². The number of aromatic amines is 1. The molecule has 0 aliphatic rings. The van der Waals surface area contributed by atoms with Gasteiger partial charge in [0.1, 0.15) is 11.9 Å². The molecule has 1 rings (SSSR count). The van der Waals surface area contributed by atoms with E-state index in [-0.39, 0.29) is 5.69 Å². The monoisotopic (exact) mass is 179 g/mol. The molecule has 0 saturated carbocycles. The van der Waals surface area contributed by atoms with Gasteiger partial charge in [0.15, 0.2) is 0 Å². The Bertz CT molecular complexity index is 389. The van der Waals surface area contributed by atoms with Crippen LogP contribution in [0.2, 0.25) is 0 Å². The lowest BCUT2D eigenvalue weighted by molar-refractivity contribution is 0.459. The summed E-state index contributed by atoms with van der Waals surface area (Å²) in [5, 5.41) is 5.99. The first-order valence-electron chi connectivity index (χ1n) is 4.20. The summed E-state index contributed by atoms with van der Waals surface area (Å²) in [6.45, 7) is 5.74. The summed E-state index contributed by atoms with van der Waals surface area (Å²) in [6.07, 6.45) is 2.25. The predicted molar refractivity (Wildman–Crippen MR) is 50.2 cm³/mol. The third kappa shape index (κ3) is 2.00. The third-order valence-electron chi connectivity index (χ3n) is 1.73. The third-order valence-corrected chi connectivity index (χ3v) is 1.73. The van der Waals surface area contributed by atoms with Crippen molar-refractivity contribution < 1.29 is 0 Å². The predicted octanol–water partition coefficient (Wildman–Crippen LogP) is 0.720. The minimum atomic E-state index is -0.486. The average molecular weight is 179 g/mol. The minimum absolute atomic E-state index is 0.226. The van der Waals surface area contributed by atoms with Gasteiger partial charge in [0.05, 0.1) is 0 Å². The van der Waals surface area contributed by atoms with Crippen LogP contribution in [0.4, 0.5) is 0 Å². The molecule has 1 aromatic heterocycles. The fraction of sp³-hybridized carbons (Fsp3) is 0.556. The fourth-order valence-corrected chi connectivity index (χ4v) is 1.01. The van der Waals surface area contributed by atoms with Crippen molar-refractivity contribution in [2.24, 2.45) is 0 Å². The van der Waals surface area contributed by atoms with Crippen LogP contribution in [-0.4, -0.2) is 14.8 Å². The van der Waals surface area contributed by atoms with Crippen LogP contribution in [0.5, 0.6) is 0 Å². The van der Waals surface area contributed by atoms with Gasteiger partial charge in [-0.25, -0.2) is 9.89 Å². The first-order valence-corrected chi connectivity index (χ1v) is 4.20. The van der Waals surface area contributed by atoms with Crippen molar-refractivity contribution in [1.82, 2.24) is 14.8 Å². The van der Waals surface area contributed by atoms with Gasteiger partial charge in [0, 0.05) is 6.42 Å². The maximum Gasteiger partial charge on any atom is 0.344 e. The minimum Gasteiger partial charge on any atom is -0.265 e. The summed E-state index contributed by atoms with van der Waals surface area (Å²) in [5.74, 6) is 5.96. The van der Waals surface area contributed by atoms with Crippen LogP contribution in [0.15, 0.2) is 11.1 Å². The van der Waals surface area contributed by atoms with E-state index in [2.05, 4.69) is 22.0 Å². The Kier molecular flexibility index (Phi) is 2.57. The lowest BCUT2D eigenvalue weighted by atomic mass is 10.1. The maximum atomic E-state index is 11.2. The topological polar surface area (TPSA) is 50.7 Å².